The summed E-state index contributed by atoms with van der Waals surface area (Å²) in [6, 6.07) is 23.4. The highest BCUT2D eigenvalue weighted by Crippen LogP contribution is 2.31. The smallest absolute Gasteiger partial charge is 0.259 e. The van der Waals surface area contributed by atoms with Crippen LogP contribution in [0.3, 0.4) is 0 Å². The zero-order valence-electron chi connectivity index (χ0n) is 16.6. The number of nitrogens with zero attached hydrogens (tertiary/aromatic N) is 2. The van der Waals surface area contributed by atoms with Gasteiger partial charge in [0.05, 0.1) is 4.90 Å². The zero-order valence-corrected chi connectivity index (χ0v) is 17.4. The minimum absolute atomic E-state index is 0.0385. The first-order valence-corrected chi connectivity index (χ1v) is 10.9. The Bertz CT molecular complexity index is 1290. The van der Waals surface area contributed by atoms with Crippen molar-refractivity contribution in [3.8, 4) is 11.5 Å². The Balaban J connectivity index is 1.84. The van der Waals surface area contributed by atoms with Crippen molar-refractivity contribution >= 4 is 20.8 Å². The van der Waals surface area contributed by atoms with Crippen LogP contribution < -0.4 is 0 Å². The van der Waals surface area contributed by atoms with Crippen LogP contribution in [0.25, 0.3) is 22.4 Å². The van der Waals surface area contributed by atoms with E-state index in [1.807, 2.05) is 62.4 Å². The lowest BCUT2D eigenvalue weighted by molar-refractivity contribution is 0.553. The third kappa shape index (κ3) is 4.09. The zero-order chi connectivity index (χ0) is 21.1. The molecule has 4 rings (SSSR count). The van der Waals surface area contributed by atoms with Gasteiger partial charge < -0.3 is 4.42 Å². The van der Waals surface area contributed by atoms with Crippen molar-refractivity contribution in [2.24, 2.45) is 0 Å². The van der Waals surface area contributed by atoms with Gasteiger partial charge in [0.2, 0.25) is 15.7 Å². The molecule has 150 valence electrons. The highest BCUT2D eigenvalue weighted by molar-refractivity contribution is 8.00. The minimum atomic E-state index is -3.87. The SMILES string of the molecule is Cc1ccc(/C=C(/c2nnc(-c3ccc(C)cc3)o2)S(=O)(=O)c2ccccc2)cc1. The maximum Gasteiger partial charge on any atom is 0.259 e. The standard InChI is InChI=1S/C24H20N2O3S/c1-17-8-12-19(13-9-17)16-22(30(27,28)21-6-4-3-5-7-21)24-26-25-23(29-24)20-14-10-18(2)11-15-20/h3-16H,1-2H3/b22-16-. The molecule has 3 aromatic carbocycles. The van der Waals surface area contributed by atoms with Gasteiger partial charge in [0.25, 0.3) is 5.89 Å². The number of hydrogen-bond donors (Lipinski definition) is 0. The van der Waals surface area contributed by atoms with E-state index in [1.165, 1.54) is 0 Å². The Morgan fingerprint density at radius 2 is 1.40 bits per heavy atom. The fourth-order valence-corrected chi connectivity index (χ4v) is 4.30. The van der Waals surface area contributed by atoms with Gasteiger partial charge in [0.1, 0.15) is 4.91 Å². The number of rotatable bonds is 5. The van der Waals surface area contributed by atoms with E-state index in [0.29, 0.717) is 0 Å². The second-order valence-electron chi connectivity index (χ2n) is 7.01. The van der Waals surface area contributed by atoms with Gasteiger partial charge in [0.15, 0.2) is 0 Å². The summed E-state index contributed by atoms with van der Waals surface area (Å²) >= 11 is 0. The summed E-state index contributed by atoms with van der Waals surface area (Å²) in [5.74, 6) is 0.220. The van der Waals surface area contributed by atoms with Crippen molar-refractivity contribution in [1.82, 2.24) is 10.2 Å². The number of aromatic nitrogens is 2. The summed E-state index contributed by atoms with van der Waals surface area (Å²) in [7, 11) is -3.87. The second kappa shape index (κ2) is 8.08. The first-order valence-electron chi connectivity index (χ1n) is 9.43. The van der Waals surface area contributed by atoms with Crippen LogP contribution in [0.4, 0.5) is 0 Å². The minimum Gasteiger partial charge on any atom is -0.415 e. The molecule has 4 aromatic rings. The summed E-state index contributed by atoms with van der Waals surface area (Å²) in [5.41, 5.74) is 3.64. The topological polar surface area (TPSA) is 73.1 Å². The van der Waals surface area contributed by atoms with Gasteiger partial charge in [-0.2, -0.15) is 0 Å². The predicted molar refractivity (Wildman–Crippen MR) is 117 cm³/mol. The average molecular weight is 417 g/mol. The Morgan fingerprint density at radius 1 is 0.800 bits per heavy atom. The van der Waals surface area contributed by atoms with Crippen molar-refractivity contribution in [3.05, 3.63) is 101 Å². The fourth-order valence-electron chi connectivity index (χ4n) is 2.93. The summed E-state index contributed by atoms with van der Waals surface area (Å²) in [4.78, 5) is 0.127. The largest absolute Gasteiger partial charge is 0.415 e. The summed E-state index contributed by atoms with van der Waals surface area (Å²) < 4.78 is 32.6. The molecule has 0 radical (unpaired) electrons. The second-order valence-corrected chi connectivity index (χ2v) is 8.93. The van der Waals surface area contributed by atoms with Crippen molar-refractivity contribution < 1.29 is 12.8 Å². The van der Waals surface area contributed by atoms with Gasteiger partial charge in [-0.25, -0.2) is 8.42 Å². The van der Waals surface area contributed by atoms with Crippen LogP contribution in [0, 0.1) is 13.8 Å². The molecular weight excluding hydrogens is 396 g/mol. The Kier molecular flexibility index (Phi) is 5.33. The molecular formula is C24H20N2O3S. The van der Waals surface area contributed by atoms with Gasteiger partial charge in [-0.05, 0) is 49.8 Å². The van der Waals surface area contributed by atoms with Crippen LogP contribution in [-0.4, -0.2) is 18.6 Å². The predicted octanol–water partition coefficient (Wildman–Crippen LogP) is 5.33. The van der Waals surface area contributed by atoms with E-state index in [-0.39, 0.29) is 21.6 Å². The van der Waals surface area contributed by atoms with E-state index in [1.54, 1.807) is 36.4 Å². The molecule has 0 bridgehead atoms. The molecule has 0 saturated carbocycles. The molecule has 6 heteroatoms. The molecule has 1 heterocycles. The molecule has 1 aromatic heterocycles. The average Bonchev–Trinajstić information content (AvgIpc) is 3.24. The summed E-state index contributed by atoms with van der Waals surface area (Å²) in [6.45, 7) is 3.96. The molecule has 30 heavy (non-hydrogen) atoms. The van der Waals surface area contributed by atoms with Crippen LogP contribution >= 0.6 is 0 Å². The lowest BCUT2D eigenvalue weighted by atomic mass is 10.1. The number of aryl methyl sites for hydroxylation is 2. The van der Waals surface area contributed by atoms with E-state index in [9.17, 15) is 8.42 Å². The lowest BCUT2D eigenvalue weighted by Crippen LogP contribution is -2.04. The van der Waals surface area contributed by atoms with Crippen LogP contribution in [0.15, 0.2) is 88.2 Å². The number of benzene rings is 3. The summed E-state index contributed by atoms with van der Waals surface area (Å²) in [6.07, 6.45) is 1.56. The monoisotopic (exact) mass is 416 g/mol. The first-order chi connectivity index (χ1) is 14.4. The third-order valence-electron chi connectivity index (χ3n) is 4.65. The van der Waals surface area contributed by atoms with Gasteiger partial charge in [-0.3, -0.25) is 0 Å². The number of sulfone groups is 1. The van der Waals surface area contributed by atoms with Crippen molar-refractivity contribution in [2.45, 2.75) is 18.7 Å². The maximum absolute atomic E-state index is 13.4. The Hall–Kier alpha value is -3.51. The van der Waals surface area contributed by atoms with Gasteiger partial charge >= 0.3 is 0 Å². The quantitative estimate of drug-likeness (QED) is 0.440. The van der Waals surface area contributed by atoms with E-state index < -0.39 is 9.84 Å². The van der Waals surface area contributed by atoms with E-state index in [4.69, 9.17) is 4.42 Å². The molecule has 5 nitrogen and oxygen atoms in total. The van der Waals surface area contributed by atoms with Gasteiger partial charge in [-0.1, -0.05) is 65.7 Å². The van der Waals surface area contributed by atoms with Crippen LogP contribution in [0.5, 0.6) is 0 Å². The fraction of sp³-hybridized carbons (Fsp3) is 0.0833. The first kappa shape index (κ1) is 19.8. The molecule has 0 spiro atoms. The molecule has 0 aliphatic carbocycles. The summed E-state index contributed by atoms with van der Waals surface area (Å²) in [5, 5.41) is 8.13. The third-order valence-corrected chi connectivity index (χ3v) is 6.42. The van der Waals surface area contributed by atoms with E-state index in [2.05, 4.69) is 10.2 Å². The van der Waals surface area contributed by atoms with E-state index in [0.717, 1.165) is 22.3 Å². The van der Waals surface area contributed by atoms with Crippen molar-refractivity contribution in [2.75, 3.05) is 0 Å². The van der Waals surface area contributed by atoms with Gasteiger partial charge in [-0.15, -0.1) is 10.2 Å². The molecule has 0 aliphatic heterocycles. The highest BCUT2D eigenvalue weighted by Gasteiger charge is 2.27. The maximum atomic E-state index is 13.4. The van der Waals surface area contributed by atoms with Crippen molar-refractivity contribution in [1.29, 1.82) is 0 Å². The molecule has 0 fully saturated rings. The van der Waals surface area contributed by atoms with Crippen LogP contribution in [0.1, 0.15) is 22.6 Å². The molecule has 0 N–H and O–H groups in total. The van der Waals surface area contributed by atoms with Crippen LogP contribution in [-0.2, 0) is 9.84 Å². The molecule has 0 aliphatic rings. The van der Waals surface area contributed by atoms with Gasteiger partial charge in [0, 0.05) is 5.56 Å². The Labute approximate surface area is 175 Å². The highest BCUT2D eigenvalue weighted by atomic mass is 32.2. The van der Waals surface area contributed by atoms with Crippen molar-refractivity contribution in [3.63, 3.8) is 0 Å². The molecule has 0 saturated heterocycles. The lowest BCUT2D eigenvalue weighted by Gasteiger charge is -2.06. The van der Waals surface area contributed by atoms with E-state index >= 15 is 0 Å². The Morgan fingerprint density at radius 3 is 2.03 bits per heavy atom. The normalized spacial score (nSPS) is 12.1. The molecule has 0 unspecified atom stereocenters. The molecule has 0 atom stereocenters. The van der Waals surface area contributed by atoms with Crippen LogP contribution in [0.2, 0.25) is 0 Å². The number of hydrogen-bond acceptors (Lipinski definition) is 5. The molecule has 0 amide bonds.